The second-order valence-electron chi connectivity index (χ2n) is 16.8. The summed E-state index contributed by atoms with van der Waals surface area (Å²) in [6.45, 7) is 6.69. The molecule has 5 aromatic carbocycles. The van der Waals surface area contributed by atoms with Crippen LogP contribution in [0.4, 0.5) is 22.0 Å². The van der Waals surface area contributed by atoms with E-state index in [9.17, 15) is 29.8 Å². The van der Waals surface area contributed by atoms with Gasteiger partial charge in [0.1, 0.15) is 35.5 Å². The number of hydrogen-bond acceptors (Lipinski definition) is 15. The zero-order valence-electron chi connectivity index (χ0n) is 40.5. The van der Waals surface area contributed by atoms with E-state index in [4.69, 9.17) is 32.7 Å². The SMILES string of the molecule is CCN(C(C)C)P(OCCc1ccc([N+](=O)[O-])cc1)O[C@H]1[C@@H](OC)[C@H](n2ccc(NC(=O)OCCc3ccc([N+](=O)[O-])cc3)nc2=O)O[C@@H]1COC(c1ccccc1)(c1ccccc1)c1ccc(OC)cc1. The molecule has 2 heterocycles. The first-order chi connectivity index (χ1) is 34.8. The fourth-order valence-electron chi connectivity index (χ4n) is 8.40. The van der Waals surface area contributed by atoms with Gasteiger partial charge in [-0.15, -0.1) is 0 Å². The van der Waals surface area contributed by atoms with Gasteiger partial charge in [0, 0.05) is 56.6 Å². The number of carbonyl (C=O) groups excluding carboxylic acids is 1. The van der Waals surface area contributed by atoms with Crippen LogP contribution >= 0.6 is 8.53 Å². The maximum Gasteiger partial charge on any atom is 0.412 e. The minimum atomic E-state index is -1.85. The van der Waals surface area contributed by atoms with Crippen molar-refractivity contribution < 1.29 is 47.4 Å². The second kappa shape index (κ2) is 24.9. The van der Waals surface area contributed by atoms with Gasteiger partial charge in [-0.3, -0.25) is 30.1 Å². The van der Waals surface area contributed by atoms with E-state index >= 15 is 0 Å². The van der Waals surface area contributed by atoms with Crippen molar-refractivity contribution in [1.82, 2.24) is 14.2 Å². The van der Waals surface area contributed by atoms with Crippen molar-refractivity contribution in [3.8, 4) is 5.75 Å². The number of benzene rings is 5. The van der Waals surface area contributed by atoms with Crippen LogP contribution in [0, 0.1) is 20.2 Å². The number of nitro benzene ring substituents is 2. The molecular weight excluding hydrogens is 948 g/mol. The number of ether oxygens (including phenoxy) is 5. The molecule has 0 bridgehead atoms. The number of nitro groups is 2. The number of aromatic nitrogens is 2. The Hall–Kier alpha value is -6.96. The van der Waals surface area contributed by atoms with Gasteiger partial charge in [0.05, 0.1) is 36.8 Å². The first kappa shape index (κ1) is 52.9. The number of nitrogens with zero attached hydrogens (tertiary/aromatic N) is 5. The molecule has 0 saturated carbocycles. The molecule has 0 spiro atoms. The Bertz CT molecular complexity index is 2730. The van der Waals surface area contributed by atoms with Crippen LogP contribution in [0.5, 0.6) is 5.75 Å². The summed E-state index contributed by atoms with van der Waals surface area (Å²) in [6.07, 6.45) is -2.58. The summed E-state index contributed by atoms with van der Waals surface area (Å²) in [6, 6.07) is 40.9. The lowest BCUT2D eigenvalue weighted by Crippen LogP contribution is -2.42. The van der Waals surface area contributed by atoms with Crippen LogP contribution in [0.3, 0.4) is 0 Å². The van der Waals surface area contributed by atoms with Crippen LogP contribution < -0.4 is 15.7 Å². The summed E-state index contributed by atoms with van der Waals surface area (Å²) >= 11 is 0. The second-order valence-corrected chi connectivity index (χ2v) is 18.3. The molecule has 5 atom stereocenters. The Morgan fingerprint density at radius 3 is 1.85 bits per heavy atom. The highest BCUT2D eigenvalue weighted by Gasteiger charge is 2.51. The average Bonchev–Trinajstić information content (AvgIpc) is 3.73. The molecular formula is C52H57N6O13P. The summed E-state index contributed by atoms with van der Waals surface area (Å²) in [4.78, 5) is 52.4. The highest BCUT2D eigenvalue weighted by Crippen LogP contribution is 2.50. The molecule has 20 heteroatoms. The fraction of sp³-hybridized carbons (Fsp3) is 0.327. The van der Waals surface area contributed by atoms with E-state index in [1.165, 1.54) is 48.2 Å². The van der Waals surface area contributed by atoms with Crippen LogP contribution in [0.25, 0.3) is 0 Å². The van der Waals surface area contributed by atoms with E-state index in [1.807, 2.05) is 106 Å². The third kappa shape index (κ3) is 12.7. The molecule has 0 aliphatic carbocycles. The molecule has 1 aromatic heterocycles. The van der Waals surface area contributed by atoms with Gasteiger partial charge in [0.2, 0.25) is 0 Å². The Balaban J connectivity index is 1.20. The average molecular weight is 1010 g/mol. The normalized spacial score (nSPS) is 17.2. The third-order valence-electron chi connectivity index (χ3n) is 12.1. The molecule has 72 heavy (non-hydrogen) atoms. The van der Waals surface area contributed by atoms with Crippen LogP contribution in [0.15, 0.2) is 151 Å². The topological polar surface area (TPSA) is 218 Å². The highest BCUT2D eigenvalue weighted by atomic mass is 31.2. The Labute approximate surface area is 417 Å². The number of amides is 1. The minimum Gasteiger partial charge on any atom is -0.497 e. The minimum absolute atomic E-state index is 0.0103. The summed E-state index contributed by atoms with van der Waals surface area (Å²) in [5, 5.41) is 24.8. The molecule has 7 rings (SSSR count). The maximum atomic E-state index is 14.0. The van der Waals surface area contributed by atoms with Crippen molar-refractivity contribution in [3.63, 3.8) is 0 Å². The first-order valence-corrected chi connectivity index (χ1v) is 24.4. The zero-order chi connectivity index (χ0) is 51.2. The van der Waals surface area contributed by atoms with E-state index in [1.54, 1.807) is 31.4 Å². The largest absolute Gasteiger partial charge is 0.497 e. The van der Waals surface area contributed by atoms with Gasteiger partial charge in [-0.25, -0.2) is 14.3 Å². The van der Waals surface area contributed by atoms with Crippen molar-refractivity contribution in [2.24, 2.45) is 0 Å². The van der Waals surface area contributed by atoms with Gasteiger partial charge >= 0.3 is 11.8 Å². The first-order valence-electron chi connectivity index (χ1n) is 23.3. The van der Waals surface area contributed by atoms with E-state index in [-0.39, 0.29) is 43.1 Å². The molecule has 19 nitrogen and oxygen atoms in total. The maximum absolute atomic E-state index is 14.0. The third-order valence-corrected chi connectivity index (χ3v) is 14.1. The number of hydrogen-bond donors (Lipinski definition) is 1. The lowest BCUT2D eigenvalue weighted by atomic mass is 9.80. The summed E-state index contributed by atoms with van der Waals surface area (Å²) in [5.41, 5.74) is 2.00. The van der Waals surface area contributed by atoms with Gasteiger partial charge in [0.25, 0.3) is 19.9 Å². The van der Waals surface area contributed by atoms with Crippen LogP contribution in [0.2, 0.25) is 0 Å². The molecule has 6 aromatic rings. The van der Waals surface area contributed by atoms with Gasteiger partial charge in [-0.1, -0.05) is 104 Å². The lowest BCUT2D eigenvalue weighted by molar-refractivity contribution is -0.385. The molecule has 1 aliphatic heterocycles. The quantitative estimate of drug-likeness (QED) is 0.0258. The zero-order valence-corrected chi connectivity index (χ0v) is 41.4. The van der Waals surface area contributed by atoms with E-state index < -0.39 is 60.3 Å². The number of non-ortho nitro benzene ring substituents is 2. The molecule has 1 aliphatic rings. The number of rotatable bonds is 24. The van der Waals surface area contributed by atoms with Gasteiger partial charge < -0.3 is 32.7 Å². The predicted octanol–water partition coefficient (Wildman–Crippen LogP) is 9.38. The van der Waals surface area contributed by atoms with E-state index in [0.29, 0.717) is 25.1 Å². The Morgan fingerprint density at radius 2 is 1.35 bits per heavy atom. The molecule has 1 saturated heterocycles. The van der Waals surface area contributed by atoms with Gasteiger partial charge in [-0.2, -0.15) is 4.98 Å². The van der Waals surface area contributed by atoms with Crippen molar-refractivity contribution in [1.29, 1.82) is 0 Å². The van der Waals surface area contributed by atoms with Crippen molar-refractivity contribution in [2.45, 2.75) is 69.8 Å². The molecule has 0 radical (unpaired) electrons. The molecule has 1 unspecified atom stereocenters. The predicted molar refractivity (Wildman–Crippen MR) is 269 cm³/mol. The van der Waals surface area contributed by atoms with Crippen LogP contribution in [-0.2, 0) is 46.4 Å². The van der Waals surface area contributed by atoms with E-state index in [0.717, 1.165) is 27.8 Å². The number of anilines is 1. The van der Waals surface area contributed by atoms with Crippen LogP contribution in [0.1, 0.15) is 54.8 Å². The standard InChI is InChI=1S/C52H57N6O13P/c1-6-56(36(2)3)72(69-34-31-38-19-25-43(26-20-38)58(63)64)71-47-45(35-68-52(39-13-9-7-10-14-39,40-15-11-8-12-16-40)41-21-27-44(65-4)28-22-41)70-49(48(47)66-5)55-32-29-46(53-50(55)59)54-51(60)67-33-30-37-17-23-42(24-18-37)57(61)62/h7-29,32,36,45,47-49H,6,30-31,33-35H2,1-5H3,(H,53,54,59,60)/t45-,47-,48-,49-,72?/m1/s1. The highest BCUT2D eigenvalue weighted by molar-refractivity contribution is 7.44. The number of nitrogens with one attached hydrogen (secondary N) is 1. The molecule has 1 amide bonds. The van der Waals surface area contributed by atoms with Gasteiger partial charge in [0.15, 0.2) is 6.23 Å². The number of carbonyl (C=O) groups is 1. The summed E-state index contributed by atoms with van der Waals surface area (Å²) in [5.74, 6) is 0.586. The summed E-state index contributed by atoms with van der Waals surface area (Å²) < 4.78 is 48.3. The Kier molecular flexibility index (Phi) is 18.3. The lowest BCUT2D eigenvalue weighted by Gasteiger charge is -2.38. The molecule has 1 fully saturated rings. The van der Waals surface area contributed by atoms with Crippen molar-refractivity contribution in [2.75, 3.05) is 45.9 Å². The fourth-order valence-corrected chi connectivity index (χ4v) is 10.0. The van der Waals surface area contributed by atoms with Crippen molar-refractivity contribution >= 4 is 31.8 Å². The van der Waals surface area contributed by atoms with Crippen molar-refractivity contribution in [3.05, 3.63) is 204 Å². The van der Waals surface area contributed by atoms with Crippen LogP contribution in [-0.4, -0.2) is 95.1 Å². The molecule has 378 valence electrons. The smallest absolute Gasteiger partial charge is 0.412 e. The monoisotopic (exact) mass is 1000 g/mol. The van der Waals surface area contributed by atoms with E-state index in [2.05, 4.69) is 15.0 Å². The van der Waals surface area contributed by atoms with Gasteiger partial charge in [-0.05, 0) is 66.3 Å². The number of methoxy groups -OCH3 is 2. The molecule has 1 N–H and O–H groups in total. The summed E-state index contributed by atoms with van der Waals surface area (Å²) in [7, 11) is 1.25. The Morgan fingerprint density at radius 1 is 0.792 bits per heavy atom.